The molecule has 3 nitrogen and oxygen atoms in total. The molecular formula is C14H15ClN2O. The Bertz CT molecular complexity index is 543. The molecule has 0 fully saturated rings. The molecule has 0 aliphatic rings. The quantitative estimate of drug-likeness (QED) is 0.861. The Morgan fingerprint density at radius 2 is 2.17 bits per heavy atom. The number of nitrogen functional groups attached to an aromatic ring is 1. The minimum Gasteiger partial charge on any atom is -0.492 e. The Labute approximate surface area is 112 Å². The summed E-state index contributed by atoms with van der Waals surface area (Å²) in [6.45, 7) is 2.58. The third kappa shape index (κ3) is 3.14. The van der Waals surface area contributed by atoms with E-state index in [1.165, 1.54) is 5.56 Å². The molecule has 0 bridgehead atoms. The van der Waals surface area contributed by atoms with Gasteiger partial charge in [0.1, 0.15) is 5.75 Å². The van der Waals surface area contributed by atoms with Crippen molar-refractivity contribution >= 4 is 17.3 Å². The molecule has 2 aromatic rings. The van der Waals surface area contributed by atoms with E-state index in [0.717, 1.165) is 12.1 Å². The Morgan fingerprint density at radius 3 is 2.89 bits per heavy atom. The second-order valence-electron chi connectivity index (χ2n) is 4.06. The van der Waals surface area contributed by atoms with E-state index in [1.807, 2.05) is 19.1 Å². The standard InChI is InChI=1S/C14H15ClN2O/c1-10-3-2-7-17-13(10)6-8-18-14-5-4-11(16)9-12(14)15/h2-5,7,9H,6,8,16H2,1H3. The number of aryl methyl sites for hydroxylation is 1. The molecular weight excluding hydrogens is 248 g/mol. The van der Waals surface area contributed by atoms with Gasteiger partial charge in [0.15, 0.2) is 0 Å². The zero-order valence-corrected chi connectivity index (χ0v) is 10.9. The summed E-state index contributed by atoms with van der Waals surface area (Å²) in [6, 6.07) is 9.20. The maximum absolute atomic E-state index is 6.02. The molecule has 0 radical (unpaired) electrons. The smallest absolute Gasteiger partial charge is 0.138 e. The van der Waals surface area contributed by atoms with Crippen LogP contribution in [0, 0.1) is 6.92 Å². The number of pyridine rings is 1. The number of hydrogen-bond acceptors (Lipinski definition) is 3. The number of nitrogens with zero attached hydrogens (tertiary/aromatic N) is 1. The van der Waals surface area contributed by atoms with Crippen LogP contribution < -0.4 is 10.5 Å². The predicted molar refractivity (Wildman–Crippen MR) is 74.0 cm³/mol. The minimum absolute atomic E-state index is 0.535. The van der Waals surface area contributed by atoms with Crippen LogP contribution >= 0.6 is 11.6 Å². The van der Waals surface area contributed by atoms with E-state index in [-0.39, 0.29) is 0 Å². The van der Waals surface area contributed by atoms with E-state index in [9.17, 15) is 0 Å². The highest BCUT2D eigenvalue weighted by molar-refractivity contribution is 6.32. The van der Waals surface area contributed by atoms with E-state index in [2.05, 4.69) is 4.98 Å². The molecule has 94 valence electrons. The number of nitrogens with two attached hydrogens (primary N) is 1. The van der Waals surface area contributed by atoms with Crippen LogP contribution in [0.25, 0.3) is 0 Å². The molecule has 18 heavy (non-hydrogen) atoms. The summed E-state index contributed by atoms with van der Waals surface area (Å²) >= 11 is 6.02. The average molecular weight is 263 g/mol. The molecule has 0 aliphatic carbocycles. The second-order valence-corrected chi connectivity index (χ2v) is 4.46. The lowest BCUT2D eigenvalue weighted by atomic mass is 10.2. The zero-order valence-electron chi connectivity index (χ0n) is 10.2. The summed E-state index contributed by atoms with van der Waals surface area (Å²) in [5.41, 5.74) is 8.47. The Morgan fingerprint density at radius 1 is 1.33 bits per heavy atom. The Kier molecular flexibility index (Phi) is 4.05. The summed E-state index contributed by atoms with van der Waals surface area (Å²) < 4.78 is 5.62. The lowest BCUT2D eigenvalue weighted by molar-refractivity contribution is 0.320. The molecule has 1 heterocycles. The monoisotopic (exact) mass is 262 g/mol. The van der Waals surface area contributed by atoms with Gasteiger partial charge in [-0.2, -0.15) is 0 Å². The molecule has 0 spiro atoms. The van der Waals surface area contributed by atoms with E-state index < -0.39 is 0 Å². The van der Waals surface area contributed by atoms with Gasteiger partial charge in [-0.1, -0.05) is 17.7 Å². The maximum atomic E-state index is 6.02. The highest BCUT2D eigenvalue weighted by Crippen LogP contribution is 2.26. The van der Waals surface area contributed by atoms with Crippen molar-refractivity contribution in [2.24, 2.45) is 0 Å². The third-order valence-electron chi connectivity index (χ3n) is 2.67. The molecule has 1 aromatic heterocycles. The van der Waals surface area contributed by atoms with Crippen molar-refractivity contribution in [2.45, 2.75) is 13.3 Å². The SMILES string of the molecule is Cc1cccnc1CCOc1ccc(N)cc1Cl. The van der Waals surface area contributed by atoms with Gasteiger partial charge < -0.3 is 10.5 Å². The molecule has 0 saturated heterocycles. The van der Waals surface area contributed by atoms with E-state index in [1.54, 1.807) is 24.4 Å². The van der Waals surface area contributed by atoms with Gasteiger partial charge in [0.25, 0.3) is 0 Å². The van der Waals surface area contributed by atoms with Crippen LogP contribution in [0.15, 0.2) is 36.5 Å². The molecule has 0 amide bonds. The van der Waals surface area contributed by atoms with Crippen LogP contribution in [0.1, 0.15) is 11.3 Å². The largest absolute Gasteiger partial charge is 0.492 e. The minimum atomic E-state index is 0.535. The normalized spacial score (nSPS) is 10.3. The fourth-order valence-corrected chi connectivity index (χ4v) is 1.92. The summed E-state index contributed by atoms with van der Waals surface area (Å²) in [7, 11) is 0. The van der Waals surface area contributed by atoms with E-state index in [0.29, 0.717) is 23.1 Å². The number of anilines is 1. The van der Waals surface area contributed by atoms with Crippen LogP contribution in [0.3, 0.4) is 0 Å². The van der Waals surface area contributed by atoms with Gasteiger partial charge in [-0.05, 0) is 36.8 Å². The van der Waals surface area contributed by atoms with Gasteiger partial charge in [-0.25, -0.2) is 0 Å². The lowest BCUT2D eigenvalue weighted by Crippen LogP contribution is -2.04. The number of ether oxygens (including phenoxy) is 1. The van der Waals surface area contributed by atoms with Crippen LogP contribution in [-0.2, 0) is 6.42 Å². The number of rotatable bonds is 4. The molecule has 2 N–H and O–H groups in total. The van der Waals surface area contributed by atoms with Crippen molar-refractivity contribution in [3.8, 4) is 5.75 Å². The molecule has 1 aromatic carbocycles. The van der Waals surface area contributed by atoms with Crippen molar-refractivity contribution in [1.82, 2.24) is 4.98 Å². The molecule has 0 saturated carbocycles. The van der Waals surface area contributed by atoms with Crippen molar-refractivity contribution < 1.29 is 4.74 Å². The first-order valence-electron chi connectivity index (χ1n) is 5.75. The third-order valence-corrected chi connectivity index (χ3v) is 2.97. The van der Waals surface area contributed by atoms with Crippen LogP contribution in [0.4, 0.5) is 5.69 Å². The molecule has 2 rings (SSSR count). The topological polar surface area (TPSA) is 48.1 Å². The van der Waals surface area contributed by atoms with Crippen LogP contribution in [-0.4, -0.2) is 11.6 Å². The predicted octanol–water partition coefficient (Wildman–Crippen LogP) is 3.25. The number of halogens is 1. The fraction of sp³-hybridized carbons (Fsp3) is 0.214. The highest BCUT2D eigenvalue weighted by atomic mass is 35.5. The van der Waals surface area contributed by atoms with Crippen LogP contribution in [0.2, 0.25) is 5.02 Å². The average Bonchev–Trinajstić information content (AvgIpc) is 2.34. The Balaban J connectivity index is 1.95. The summed E-state index contributed by atoms with van der Waals surface area (Å²) in [5, 5.41) is 0.535. The van der Waals surface area contributed by atoms with Crippen molar-refractivity contribution in [1.29, 1.82) is 0 Å². The van der Waals surface area contributed by atoms with E-state index in [4.69, 9.17) is 22.1 Å². The summed E-state index contributed by atoms with van der Waals surface area (Å²) in [4.78, 5) is 4.31. The first-order valence-corrected chi connectivity index (χ1v) is 6.13. The summed E-state index contributed by atoms with van der Waals surface area (Å²) in [5.74, 6) is 0.652. The zero-order chi connectivity index (χ0) is 13.0. The van der Waals surface area contributed by atoms with Gasteiger partial charge >= 0.3 is 0 Å². The molecule has 0 unspecified atom stereocenters. The highest BCUT2D eigenvalue weighted by Gasteiger charge is 2.03. The maximum Gasteiger partial charge on any atom is 0.138 e. The Hall–Kier alpha value is -1.74. The van der Waals surface area contributed by atoms with Crippen molar-refractivity contribution in [2.75, 3.05) is 12.3 Å². The van der Waals surface area contributed by atoms with E-state index >= 15 is 0 Å². The molecule has 4 heteroatoms. The second kappa shape index (κ2) is 5.74. The van der Waals surface area contributed by atoms with Gasteiger partial charge in [0, 0.05) is 24.0 Å². The van der Waals surface area contributed by atoms with Crippen molar-refractivity contribution in [3.63, 3.8) is 0 Å². The van der Waals surface area contributed by atoms with Gasteiger partial charge in [0.05, 0.1) is 11.6 Å². The van der Waals surface area contributed by atoms with Gasteiger partial charge in [-0.15, -0.1) is 0 Å². The van der Waals surface area contributed by atoms with Gasteiger partial charge in [-0.3, -0.25) is 4.98 Å². The number of benzene rings is 1. The van der Waals surface area contributed by atoms with Crippen molar-refractivity contribution in [3.05, 3.63) is 52.8 Å². The first-order chi connectivity index (χ1) is 8.66. The summed E-state index contributed by atoms with van der Waals surface area (Å²) in [6.07, 6.45) is 2.55. The fourth-order valence-electron chi connectivity index (χ4n) is 1.67. The van der Waals surface area contributed by atoms with Gasteiger partial charge in [0.2, 0.25) is 0 Å². The number of aromatic nitrogens is 1. The molecule has 0 atom stereocenters. The molecule has 0 aliphatic heterocycles. The number of hydrogen-bond donors (Lipinski definition) is 1. The lowest BCUT2D eigenvalue weighted by Gasteiger charge is -2.09. The first kappa shape index (κ1) is 12.7. The van der Waals surface area contributed by atoms with Crippen LogP contribution in [0.5, 0.6) is 5.75 Å².